The number of hydrogen-bond acceptors (Lipinski definition) is 4. The van der Waals surface area contributed by atoms with Gasteiger partial charge in [0.1, 0.15) is 5.75 Å². The highest BCUT2D eigenvalue weighted by atomic mass is 35.5. The number of rotatable bonds is 6. The number of nitrogens with zero attached hydrogens (tertiary/aromatic N) is 1. The van der Waals surface area contributed by atoms with Gasteiger partial charge in [0, 0.05) is 13.1 Å². The lowest BCUT2D eigenvalue weighted by atomic mass is 9.88. The van der Waals surface area contributed by atoms with Gasteiger partial charge in [-0.15, -0.1) is 0 Å². The van der Waals surface area contributed by atoms with Gasteiger partial charge in [0.25, 0.3) is 5.91 Å². The predicted octanol–water partition coefficient (Wildman–Crippen LogP) is 4.09. The van der Waals surface area contributed by atoms with Crippen molar-refractivity contribution in [2.24, 2.45) is 0 Å². The van der Waals surface area contributed by atoms with Crippen LogP contribution in [0.25, 0.3) is 0 Å². The molecule has 0 spiro atoms. The number of ether oxygens (including phenoxy) is 1. The Balaban J connectivity index is 1.37. The van der Waals surface area contributed by atoms with Gasteiger partial charge in [-0.05, 0) is 61.4 Å². The lowest BCUT2D eigenvalue weighted by Crippen LogP contribution is -2.35. The van der Waals surface area contributed by atoms with Gasteiger partial charge in [-0.3, -0.25) is 4.79 Å². The molecule has 31 heavy (non-hydrogen) atoms. The van der Waals surface area contributed by atoms with Gasteiger partial charge >= 0.3 is 0 Å². The van der Waals surface area contributed by atoms with Crippen LogP contribution < -0.4 is 10.1 Å². The number of sulfonamides is 1. The Kier molecular flexibility index (Phi) is 6.84. The minimum atomic E-state index is -3.57. The van der Waals surface area contributed by atoms with E-state index in [1.54, 1.807) is 0 Å². The first kappa shape index (κ1) is 22.1. The van der Waals surface area contributed by atoms with Crippen molar-refractivity contribution in [1.82, 2.24) is 9.62 Å². The number of halogens is 1. The third-order valence-electron chi connectivity index (χ3n) is 5.92. The molecule has 1 saturated heterocycles. The predicted molar refractivity (Wildman–Crippen MR) is 120 cm³/mol. The van der Waals surface area contributed by atoms with Crippen LogP contribution in [0.5, 0.6) is 5.75 Å². The van der Waals surface area contributed by atoms with Crippen LogP contribution in [-0.4, -0.2) is 38.3 Å². The second-order valence-electron chi connectivity index (χ2n) is 8.06. The number of fused-ring (bicyclic) bond motifs is 1. The number of hydrogen-bond donors (Lipinski definition) is 1. The minimum Gasteiger partial charge on any atom is -0.482 e. The summed E-state index contributed by atoms with van der Waals surface area (Å²) < 4.78 is 32.7. The average molecular weight is 463 g/mol. The molecule has 0 bridgehead atoms. The fraction of sp³-hybridized carbons (Fsp3) is 0.435. The maximum Gasteiger partial charge on any atom is 0.258 e. The molecule has 0 saturated carbocycles. The summed E-state index contributed by atoms with van der Waals surface area (Å²) >= 11 is 6.28. The zero-order valence-corrected chi connectivity index (χ0v) is 18.9. The Labute approximate surface area is 188 Å². The fourth-order valence-corrected chi connectivity index (χ4v) is 6.14. The number of carbonyl (C=O) groups is 1. The van der Waals surface area contributed by atoms with E-state index in [0.29, 0.717) is 18.8 Å². The van der Waals surface area contributed by atoms with E-state index in [9.17, 15) is 13.2 Å². The Morgan fingerprint density at radius 3 is 2.65 bits per heavy atom. The second kappa shape index (κ2) is 9.59. The lowest BCUT2D eigenvalue weighted by Gasteiger charge is -2.26. The molecule has 1 aliphatic heterocycles. The van der Waals surface area contributed by atoms with E-state index in [1.165, 1.54) is 28.1 Å². The number of nitrogens with one attached hydrogen (secondary N) is 1. The maximum atomic E-state index is 12.8. The van der Waals surface area contributed by atoms with Crippen LogP contribution in [0.1, 0.15) is 49.3 Å². The zero-order chi connectivity index (χ0) is 21.8. The first-order valence-corrected chi connectivity index (χ1v) is 12.6. The first-order valence-electron chi connectivity index (χ1n) is 10.7. The smallest absolute Gasteiger partial charge is 0.258 e. The molecule has 0 aromatic heterocycles. The standard InChI is InChI=1S/C23H27ClN2O4S/c24-20-15-18(31(28,29)26-13-4-1-5-14-26)11-12-22(20)30-16-23(27)25-21-10-6-8-17-7-2-3-9-19(17)21/h2-3,7,9,11-12,15,21H,1,4-6,8,10,13-14,16H2,(H,25,27)/t21-/m0/s1. The highest BCUT2D eigenvalue weighted by Gasteiger charge is 2.27. The van der Waals surface area contributed by atoms with Crippen molar-refractivity contribution >= 4 is 27.5 Å². The van der Waals surface area contributed by atoms with Gasteiger partial charge in [0.05, 0.1) is 16.0 Å². The van der Waals surface area contributed by atoms with Crippen LogP contribution in [-0.2, 0) is 21.2 Å². The third-order valence-corrected chi connectivity index (χ3v) is 8.11. The molecule has 0 unspecified atom stereocenters. The monoisotopic (exact) mass is 462 g/mol. The van der Waals surface area contributed by atoms with Crippen LogP contribution in [0.15, 0.2) is 47.4 Å². The highest BCUT2D eigenvalue weighted by Crippen LogP contribution is 2.31. The molecule has 2 aliphatic rings. The van der Waals surface area contributed by atoms with E-state index in [2.05, 4.69) is 17.4 Å². The molecule has 4 rings (SSSR count). The largest absolute Gasteiger partial charge is 0.482 e. The molecule has 0 radical (unpaired) electrons. The number of aryl methyl sites for hydroxylation is 1. The summed E-state index contributed by atoms with van der Waals surface area (Å²) in [6, 6.07) is 12.5. The second-order valence-corrected chi connectivity index (χ2v) is 10.4. The van der Waals surface area contributed by atoms with Crippen LogP contribution in [0.3, 0.4) is 0 Å². The summed E-state index contributed by atoms with van der Waals surface area (Å²) in [5, 5.41) is 3.21. The van der Waals surface area contributed by atoms with Gasteiger partial charge < -0.3 is 10.1 Å². The molecule has 1 atom stereocenters. The van der Waals surface area contributed by atoms with E-state index in [1.807, 2.05) is 12.1 Å². The Morgan fingerprint density at radius 1 is 1.10 bits per heavy atom. The van der Waals surface area contributed by atoms with Gasteiger partial charge in [0.15, 0.2) is 6.61 Å². The normalized spacial score (nSPS) is 19.5. The number of carbonyl (C=O) groups excluding carboxylic acids is 1. The Morgan fingerprint density at radius 2 is 1.87 bits per heavy atom. The molecule has 166 valence electrons. The van der Waals surface area contributed by atoms with Crippen molar-refractivity contribution in [1.29, 1.82) is 0 Å². The van der Waals surface area contributed by atoms with E-state index >= 15 is 0 Å². The van der Waals surface area contributed by atoms with Crippen molar-refractivity contribution in [3.05, 3.63) is 58.6 Å². The van der Waals surface area contributed by atoms with Gasteiger partial charge in [-0.1, -0.05) is 42.3 Å². The summed E-state index contributed by atoms with van der Waals surface area (Å²) in [5.74, 6) is 0.0567. The van der Waals surface area contributed by atoms with Crippen LogP contribution in [0.4, 0.5) is 0 Å². The van der Waals surface area contributed by atoms with Crippen molar-refractivity contribution in [3.63, 3.8) is 0 Å². The molecular formula is C23H27ClN2O4S. The SMILES string of the molecule is O=C(COc1ccc(S(=O)(=O)N2CCCCC2)cc1Cl)N[C@H]1CCCc2ccccc21. The molecule has 8 heteroatoms. The van der Waals surface area contributed by atoms with E-state index in [0.717, 1.165) is 44.1 Å². The van der Waals surface area contributed by atoms with Gasteiger partial charge in [0.2, 0.25) is 10.0 Å². The molecule has 1 heterocycles. The van der Waals surface area contributed by atoms with E-state index in [-0.39, 0.29) is 28.5 Å². The first-order chi connectivity index (χ1) is 14.9. The Hall–Kier alpha value is -2.09. The van der Waals surface area contributed by atoms with Crippen LogP contribution >= 0.6 is 11.6 Å². The fourth-order valence-electron chi connectivity index (χ4n) is 4.30. The molecule has 1 fully saturated rings. The topological polar surface area (TPSA) is 75.7 Å². The molecule has 1 N–H and O–H groups in total. The quantitative estimate of drug-likeness (QED) is 0.701. The molecular weight excluding hydrogens is 436 g/mol. The number of benzene rings is 2. The maximum absolute atomic E-state index is 12.8. The molecule has 2 aromatic rings. The van der Waals surface area contributed by atoms with Crippen LogP contribution in [0, 0.1) is 0 Å². The van der Waals surface area contributed by atoms with Gasteiger partial charge in [-0.2, -0.15) is 4.31 Å². The zero-order valence-electron chi connectivity index (χ0n) is 17.3. The van der Waals surface area contributed by atoms with Crippen LogP contribution in [0.2, 0.25) is 5.02 Å². The number of amides is 1. The third kappa shape index (κ3) is 5.05. The van der Waals surface area contributed by atoms with E-state index in [4.69, 9.17) is 16.3 Å². The average Bonchev–Trinajstić information content (AvgIpc) is 2.79. The minimum absolute atomic E-state index is 0.0198. The summed E-state index contributed by atoms with van der Waals surface area (Å²) in [6.45, 7) is 0.877. The summed E-state index contributed by atoms with van der Waals surface area (Å²) in [6.07, 6.45) is 5.74. The highest BCUT2D eigenvalue weighted by molar-refractivity contribution is 7.89. The number of piperidine rings is 1. The summed E-state index contributed by atoms with van der Waals surface area (Å²) in [4.78, 5) is 12.6. The Bertz CT molecular complexity index is 1050. The lowest BCUT2D eigenvalue weighted by molar-refractivity contribution is -0.123. The molecule has 6 nitrogen and oxygen atoms in total. The molecule has 1 amide bonds. The summed E-state index contributed by atoms with van der Waals surface area (Å²) in [7, 11) is -3.57. The van der Waals surface area contributed by atoms with Gasteiger partial charge in [-0.25, -0.2) is 8.42 Å². The van der Waals surface area contributed by atoms with E-state index < -0.39 is 10.0 Å². The summed E-state index contributed by atoms with van der Waals surface area (Å²) in [5.41, 5.74) is 2.43. The van der Waals surface area contributed by atoms with Crippen molar-refractivity contribution in [2.45, 2.75) is 49.5 Å². The molecule has 2 aromatic carbocycles. The van der Waals surface area contributed by atoms with Crippen molar-refractivity contribution in [2.75, 3.05) is 19.7 Å². The van der Waals surface area contributed by atoms with Crippen molar-refractivity contribution < 1.29 is 17.9 Å². The molecule has 1 aliphatic carbocycles. The van der Waals surface area contributed by atoms with Crippen molar-refractivity contribution in [3.8, 4) is 5.75 Å².